The molecular weight excluding hydrogens is 326 g/mol. The van der Waals surface area contributed by atoms with Crippen molar-refractivity contribution in [2.75, 3.05) is 33.3 Å². The second kappa shape index (κ2) is 8.53. The third-order valence-electron chi connectivity index (χ3n) is 6.48. The van der Waals surface area contributed by atoms with E-state index in [9.17, 15) is 9.90 Å². The molecule has 0 aromatic heterocycles. The maximum atomic E-state index is 13.0. The van der Waals surface area contributed by atoms with Crippen molar-refractivity contribution in [3.8, 4) is 0 Å². The predicted octanol–water partition coefficient (Wildman–Crippen LogP) is 3.63. The Labute approximate surface area is 157 Å². The molecule has 2 aliphatic rings. The van der Waals surface area contributed by atoms with Crippen LogP contribution in [0.15, 0.2) is 30.3 Å². The smallest absolute Gasteiger partial charge is 0.343 e. The summed E-state index contributed by atoms with van der Waals surface area (Å²) in [5.74, 6) is -0.509. The number of carbonyl (C=O) groups is 1. The van der Waals surface area contributed by atoms with Gasteiger partial charge in [-0.15, -0.1) is 0 Å². The van der Waals surface area contributed by atoms with E-state index < -0.39 is 11.6 Å². The van der Waals surface area contributed by atoms with Gasteiger partial charge in [0.1, 0.15) is 13.2 Å². The Hall–Kier alpha value is -1.39. The van der Waals surface area contributed by atoms with Crippen molar-refractivity contribution in [2.24, 2.45) is 5.92 Å². The minimum atomic E-state index is -1.51. The number of nitrogens with zero attached hydrogens (tertiary/aromatic N) is 1. The third-order valence-corrected chi connectivity index (χ3v) is 6.48. The first-order chi connectivity index (χ1) is 12.5. The molecule has 0 spiro atoms. The van der Waals surface area contributed by atoms with E-state index in [1.807, 2.05) is 30.3 Å². The molecule has 1 aromatic rings. The van der Waals surface area contributed by atoms with Crippen LogP contribution in [0.3, 0.4) is 0 Å². The molecule has 0 amide bonds. The maximum Gasteiger partial charge on any atom is 0.343 e. The van der Waals surface area contributed by atoms with Crippen molar-refractivity contribution in [1.29, 1.82) is 0 Å². The topological polar surface area (TPSA) is 46.5 Å². The van der Waals surface area contributed by atoms with Gasteiger partial charge in [0.15, 0.2) is 5.60 Å². The Morgan fingerprint density at radius 1 is 1.08 bits per heavy atom. The van der Waals surface area contributed by atoms with Gasteiger partial charge in [0.25, 0.3) is 0 Å². The minimum absolute atomic E-state index is 0.0501. The Morgan fingerprint density at radius 3 is 2.35 bits per heavy atom. The van der Waals surface area contributed by atoms with E-state index in [0.717, 1.165) is 49.8 Å². The van der Waals surface area contributed by atoms with Crippen LogP contribution in [0.4, 0.5) is 0 Å². The van der Waals surface area contributed by atoms with Crippen LogP contribution in [-0.4, -0.2) is 48.8 Å². The van der Waals surface area contributed by atoms with Gasteiger partial charge in [-0.2, -0.15) is 0 Å². The molecule has 2 fully saturated rings. The van der Waals surface area contributed by atoms with Crippen LogP contribution in [-0.2, 0) is 15.1 Å². The molecule has 1 atom stereocenters. The summed E-state index contributed by atoms with van der Waals surface area (Å²) in [5, 5.41) is 11.5. The molecule has 1 aliphatic heterocycles. The highest BCUT2D eigenvalue weighted by Gasteiger charge is 2.47. The first-order valence-electron chi connectivity index (χ1n) is 10.3. The van der Waals surface area contributed by atoms with Crippen LogP contribution < -0.4 is 0 Å². The van der Waals surface area contributed by atoms with Crippen molar-refractivity contribution in [3.05, 3.63) is 35.9 Å². The van der Waals surface area contributed by atoms with Crippen molar-refractivity contribution in [3.63, 3.8) is 0 Å². The van der Waals surface area contributed by atoms with E-state index >= 15 is 0 Å². The molecule has 0 radical (unpaired) electrons. The molecule has 144 valence electrons. The lowest BCUT2D eigenvalue weighted by Crippen LogP contribution is -2.51. The zero-order valence-corrected chi connectivity index (χ0v) is 16.2. The van der Waals surface area contributed by atoms with Gasteiger partial charge in [0, 0.05) is 5.92 Å². The number of hydrogen-bond donors (Lipinski definition) is 1. The molecule has 1 aliphatic carbocycles. The van der Waals surface area contributed by atoms with Gasteiger partial charge >= 0.3 is 5.97 Å². The molecule has 1 heterocycles. The number of esters is 1. The number of piperidine rings is 1. The first-order valence-corrected chi connectivity index (χ1v) is 10.3. The van der Waals surface area contributed by atoms with Crippen LogP contribution in [0.5, 0.6) is 0 Å². The average molecular weight is 361 g/mol. The summed E-state index contributed by atoms with van der Waals surface area (Å²) >= 11 is 0. The quantitative estimate of drug-likeness (QED) is 0.622. The molecule has 3 rings (SSSR count). The summed E-state index contributed by atoms with van der Waals surface area (Å²) < 4.78 is 6.65. The lowest BCUT2D eigenvalue weighted by atomic mass is 9.73. The van der Waals surface area contributed by atoms with Crippen molar-refractivity contribution < 1.29 is 19.1 Å². The van der Waals surface area contributed by atoms with Gasteiger partial charge in [0.05, 0.1) is 20.1 Å². The van der Waals surface area contributed by atoms with E-state index in [1.54, 1.807) is 0 Å². The van der Waals surface area contributed by atoms with E-state index in [-0.39, 0.29) is 5.92 Å². The van der Waals surface area contributed by atoms with E-state index in [0.29, 0.717) is 12.2 Å². The minimum Gasteiger partial charge on any atom is -0.457 e. The second-order valence-electron chi connectivity index (χ2n) is 8.45. The molecule has 1 saturated heterocycles. The fourth-order valence-corrected chi connectivity index (χ4v) is 4.70. The van der Waals surface area contributed by atoms with Gasteiger partial charge in [0.2, 0.25) is 0 Å². The first kappa shape index (κ1) is 19.4. The average Bonchev–Trinajstić information content (AvgIpc) is 2.69. The fraction of sp³-hybridized carbons (Fsp3) is 0.682. The molecule has 1 N–H and O–H groups in total. The van der Waals surface area contributed by atoms with Crippen LogP contribution in [0.1, 0.15) is 56.9 Å². The number of ether oxygens (including phenoxy) is 1. The van der Waals surface area contributed by atoms with Gasteiger partial charge in [-0.25, -0.2) is 4.79 Å². The maximum absolute atomic E-state index is 13.0. The molecule has 4 nitrogen and oxygen atoms in total. The molecule has 1 aromatic carbocycles. The lowest BCUT2D eigenvalue weighted by molar-refractivity contribution is -0.914. The zero-order valence-electron chi connectivity index (χ0n) is 16.2. The number of likely N-dealkylation sites (tertiary alicyclic amines) is 1. The van der Waals surface area contributed by atoms with Gasteiger partial charge in [-0.3, -0.25) is 0 Å². The molecule has 1 saturated carbocycles. The molecular formula is C22H34NO3+. The SMILES string of the molecule is C[N+]1(CCOC(=O)C(O)(c2ccccc2)C2CCCCC2)CCCCC1. The number of quaternary nitrogens is 1. The summed E-state index contributed by atoms with van der Waals surface area (Å²) in [7, 11) is 2.25. The second-order valence-corrected chi connectivity index (χ2v) is 8.45. The monoisotopic (exact) mass is 360 g/mol. The van der Waals surface area contributed by atoms with Gasteiger partial charge < -0.3 is 14.3 Å². The largest absolute Gasteiger partial charge is 0.457 e. The van der Waals surface area contributed by atoms with Crippen molar-refractivity contribution >= 4 is 5.97 Å². The Kier molecular flexibility index (Phi) is 6.36. The molecule has 1 unspecified atom stereocenters. The molecule has 26 heavy (non-hydrogen) atoms. The van der Waals surface area contributed by atoms with Crippen LogP contribution in [0.2, 0.25) is 0 Å². The third kappa shape index (κ3) is 4.29. The summed E-state index contributed by atoms with van der Waals surface area (Å²) in [6.07, 6.45) is 8.91. The standard InChI is InChI=1S/C22H34NO3/c1-23(15-9-4-10-16-23)17-18-26-21(24)22(25,19-11-5-2-6-12-19)20-13-7-3-8-14-20/h2,5-6,11-12,20,25H,3-4,7-10,13-18H2,1H3/q+1. The highest BCUT2D eigenvalue weighted by Crippen LogP contribution is 2.40. The summed E-state index contributed by atoms with van der Waals surface area (Å²) in [5.41, 5.74) is -0.836. The van der Waals surface area contributed by atoms with E-state index in [2.05, 4.69) is 7.05 Å². The van der Waals surface area contributed by atoms with Crippen LogP contribution in [0, 0.1) is 5.92 Å². The lowest BCUT2D eigenvalue weighted by Gasteiger charge is -2.39. The van der Waals surface area contributed by atoms with Gasteiger partial charge in [-0.1, -0.05) is 49.6 Å². The fourth-order valence-electron chi connectivity index (χ4n) is 4.70. The summed E-state index contributed by atoms with van der Waals surface area (Å²) in [6.45, 7) is 3.53. The van der Waals surface area contributed by atoms with Crippen LogP contribution >= 0.6 is 0 Å². The molecule has 4 heteroatoms. The number of hydrogen-bond acceptors (Lipinski definition) is 3. The number of aliphatic hydroxyl groups is 1. The number of carbonyl (C=O) groups excluding carboxylic acids is 1. The normalized spacial score (nSPS) is 23.2. The van der Waals surface area contributed by atoms with Gasteiger partial charge in [-0.05, 0) is 37.7 Å². The Bertz CT molecular complexity index is 576. The highest BCUT2D eigenvalue weighted by molar-refractivity contribution is 5.81. The van der Waals surface area contributed by atoms with Crippen LogP contribution in [0.25, 0.3) is 0 Å². The number of benzene rings is 1. The summed E-state index contributed by atoms with van der Waals surface area (Å²) in [4.78, 5) is 13.0. The van der Waals surface area contributed by atoms with Crippen molar-refractivity contribution in [1.82, 2.24) is 0 Å². The Balaban J connectivity index is 1.68. The predicted molar refractivity (Wildman–Crippen MR) is 103 cm³/mol. The summed E-state index contributed by atoms with van der Waals surface area (Å²) in [6, 6.07) is 9.40. The Morgan fingerprint density at radius 2 is 1.69 bits per heavy atom. The number of rotatable bonds is 6. The van der Waals surface area contributed by atoms with E-state index in [1.165, 1.54) is 25.7 Å². The highest BCUT2D eigenvalue weighted by atomic mass is 16.5. The zero-order chi connectivity index (χ0) is 18.5. The van der Waals surface area contributed by atoms with E-state index in [4.69, 9.17) is 4.74 Å². The molecule has 0 bridgehead atoms. The number of likely N-dealkylation sites (N-methyl/N-ethyl adjacent to an activating group) is 1. The van der Waals surface area contributed by atoms with Crippen molar-refractivity contribution in [2.45, 2.75) is 57.0 Å².